The highest BCUT2D eigenvalue weighted by atomic mass is 16.8. The van der Waals surface area contributed by atoms with Gasteiger partial charge < -0.3 is 19.1 Å². The van der Waals surface area contributed by atoms with Crippen molar-refractivity contribution in [2.45, 2.75) is 33.3 Å². The van der Waals surface area contributed by atoms with Crippen molar-refractivity contribution in [3.05, 3.63) is 79.4 Å². The zero-order valence-corrected chi connectivity index (χ0v) is 16.9. The third kappa shape index (κ3) is 4.65. The minimum Gasteiger partial charge on any atom is -0.595 e. The van der Waals surface area contributed by atoms with Gasteiger partial charge in [-0.1, -0.05) is 17.7 Å². The van der Waals surface area contributed by atoms with Gasteiger partial charge in [-0.25, -0.2) is 5.21 Å². The highest BCUT2D eigenvalue weighted by molar-refractivity contribution is 5.57. The van der Waals surface area contributed by atoms with Crippen LogP contribution >= 0.6 is 0 Å². The van der Waals surface area contributed by atoms with Crippen LogP contribution in [0.25, 0.3) is 6.08 Å². The van der Waals surface area contributed by atoms with Gasteiger partial charge in [0.15, 0.2) is 11.1 Å². The molecule has 1 aromatic heterocycles. The minimum absolute atomic E-state index is 0.0926. The first-order chi connectivity index (χ1) is 13.8. The topological polar surface area (TPSA) is 96.4 Å². The molecule has 29 heavy (non-hydrogen) atoms. The lowest BCUT2D eigenvalue weighted by Gasteiger charge is -2.13. The van der Waals surface area contributed by atoms with Crippen LogP contribution in [0.5, 0.6) is 5.95 Å². The molecule has 1 aliphatic heterocycles. The summed E-state index contributed by atoms with van der Waals surface area (Å²) in [5.41, 5.74) is 4.19. The Labute approximate surface area is 169 Å². The Morgan fingerprint density at radius 1 is 1.28 bits per heavy atom. The fourth-order valence-corrected chi connectivity index (χ4v) is 3.42. The number of rotatable bonds is 5. The number of hydrogen-bond donors (Lipinski definition) is 2. The summed E-state index contributed by atoms with van der Waals surface area (Å²) in [4.78, 5) is 12.4. The average molecular weight is 399 g/mol. The van der Waals surface area contributed by atoms with Crippen molar-refractivity contribution in [1.29, 1.82) is 0 Å². The molecular formula is C22H25NO6. The predicted molar refractivity (Wildman–Crippen MR) is 108 cm³/mol. The van der Waals surface area contributed by atoms with Crippen LogP contribution in [0, 0.1) is 19.1 Å². The van der Waals surface area contributed by atoms with Crippen LogP contribution in [-0.4, -0.2) is 18.9 Å². The van der Waals surface area contributed by atoms with E-state index in [1.165, 1.54) is 7.11 Å². The van der Waals surface area contributed by atoms with Crippen LogP contribution in [0.2, 0.25) is 0 Å². The smallest absolute Gasteiger partial charge is 0.291 e. The van der Waals surface area contributed by atoms with Gasteiger partial charge in [0.25, 0.3) is 5.95 Å². The summed E-state index contributed by atoms with van der Waals surface area (Å²) in [5.74, 6) is 0.726. The number of hydrogen-bond acceptors (Lipinski definition) is 6. The highest BCUT2D eigenvalue weighted by Gasteiger charge is 2.28. The van der Waals surface area contributed by atoms with Crippen LogP contribution in [0.4, 0.5) is 5.69 Å². The van der Waals surface area contributed by atoms with Crippen molar-refractivity contribution in [3.63, 3.8) is 0 Å². The quantitative estimate of drug-likeness (QED) is 0.750. The summed E-state index contributed by atoms with van der Waals surface area (Å²) in [7, 11) is 1.47. The summed E-state index contributed by atoms with van der Waals surface area (Å²) < 4.78 is 16.8. The van der Waals surface area contributed by atoms with Gasteiger partial charge in [0.1, 0.15) is 11.9 Å². The standard InChI is InChI=1S/C22H25NO6/c1-13(9-16-5-7-18(8-6-16)23(25)26)10-17-11-19(28-12-17)21-14(2)20(24)15(3)22(27-4)29-21/h5-10,19,23,25H,11-12H2,1-4H3/b13-9+,17-10-/t19-/m1/s1. The molecule has 2 atom stereocenters. The minimum atomic E-state index is -0.941. The lowest BCUT2D eigenvalue weighted by molar-refractivity contribution is -0.991. The first kappa shape index (κ1) is 21.0. The maximum Gasteiger partial charge on any atom is 0.291 e. The van der Waals surface area contributed by atoms with E-state index < -0.39 is 5.23 Å². The number of ether oxygens (including phenoxy) is 2. The Morgan fingerprint density at radius 3 is 2.59 bits per heavy atom. The van der Waals surface area contributed by atoms with Gasteiger partial charge in [0.05, 0.1) is 19.3 Å². The van der Waals surface area contributed by atoms with E-state index in [1.54, 1.807) is 38.1 Å². The molecule has 1 saturated heterocycles. The monoisotopic (exact) mass is 399 g/mol. The van der Waals surface area contributed by atoms with E-state index in [0.717, 1.165) is 16.7 Å². The Morgan fingerprint density at radius 2 is 1.97 bits per heavy atom. The maximum absolute atomic E-state index is 12.4. The molecule has 0 spiro atoms. The molecule has 2 heterocycles. The van der Waals surface area contributed by atoms with Gasteiger partial charge >= 0.3 is 0 Å². The van der Waals surface area contributed by atoms with Crippen LogP contribution in [-0.2, 0) is 4.74 Å². The maximum atomic E-state index is 12.4. The number of benzene rings is 1. The predicted octanol–water partition coefficient (Wildman–Crippen LogP) is 3.16. The Hall–Kier alpha value is -2.71. The fourth-order valence-electron chi connectivity index (χ4n) is 3.42. The summed E-state index contributed by atoms with van der Waals surface area (Å²) in [6, 6.07) is 6.71. The summed E-state index contributed by atoms with van der Waals surface area (Å²) >= 11 is 0. The molecule has 2 N–H and O–H groups in total. The SMILES string of the molecule is COc1oc([C@H]2C/C(=C/C(C)=C/c3ccc([NH+]([O-])O)cc3)CO2)c(C)c(=O)c1C. The van der Waals surface area contributed by atoms with Crippen molar-refractivity contribution >= 4 is 11.8 Å². The first-order valence-corrected chi connectivity index (χ1v) is 9.31. The molecule has 2 aromatic rings. The fraction of sp³-hybridized carbons (Fsp3) is 0.318. The van der Waals surface area contributed by atoms with E-state index >= 15 is 0 Å². The largest absolute Gasteiger partial charge is 0.595 e. The van der Waals surface area contributed by atoms with E-state index in [1.807, 2.05) is 19.1 Å². The molecule has 1 fully saturated rings. The van der Waals surface area contributed by atoms with Gasteiger partial charge in [-0.15, -0.1) is 0 Å². The third-order valence-corrected chi connectivity index (χ3v) is 4.94. The Kier molecular flexibility index (Phi) is 6.34. The average Bonchev–Trinajstić information content (AvgIpc) is 3.14. The van der Waals surface area contributed by atoms with Crippen LogP contribution in [0.1, 0.15) is 41.9 Å². The number of allylic oxidation sites excluding steroid dienone is 2. The molecule has 1 aromatic carbocycles. The van der Waals surface area contributed by atoms with Crippen molar-refractivity contribution in [1.82, 2.24) is 0 Å². The summed E-state index contributed by atoms with van der Waals surface area (Å²) in [6.07, 6.45) is 4.32. The molecule has 7 nitrogen and oxygen atoms in total. The van der Waals surface area contributed by atoms with Gasteiger partial charge in [0.2, 0.25) is 0 Å². The van der Waals surface area contributed by atoms with Crippen LogP contribution in [0.3, 0.4) is 0 Å². The van der Waals surface area contributed by atoms with Crippen molar-refractivity contribution in [3.8, 4) is 5.95 Å². The van der Waals surface area contributed by atoms with Gasteiger partial charge in [-0.05, 0) is 44.0 Å². The van der Waals surface area contributed by atoms with Crippen LogP contribution < -0.4 is 15.4 Å². The van der Waals surface area contributed by atoms with E-state index in [-0.39, 0.29) is 23.2 Å². The molecule has 0 aliphatic carbocycles. The highest BCUT2D eigenvalue weighted by Crippen LogP contribution is 2.35. The number of quaternary nitrogens is 1. The molecular weight excluding hydrogens is 374 g/mol. The second kappa shape index (κ2) is 8.75. The molecule has 3 rings (SSSR count). The molecule has 0 radical (unpaired) electrons. The number of nitrogens with one attached hydrogen (secondary N) is 1. The zero-order chi connectivity index (χ0) is 21.1. The van der Waals surface area contributed by atoms with Gasteiger partial charge in [0, 0.05) is 24.1 Å². The van der Waals surface area contributed by atoms with E-state index in [2.05, 4.69) is 0 Å². The van der Waals surface area contributed by atoms with E-state index in [0.29, 0.717) is 29.9 Å². The zero-order valence-electron chi connectivity index (χ0n) is 16.9. The molecule has 0 saturated carbocycles. The lowest BCUT2D eigenvalue weighted by Crippen LogP contribution is -2.99. The molecule has 1 aliphatic rings. The third-order valence-electron chi connectivity index (χ3n) is 4.94. The van der Waals surface area contributed by atoms with Crippen molar-refractivity contribution in [2.24, 2.45) is 0 Å². The van der Waals surface area contributed by atoms with Gasteiger partial charge in [-0.2, -0.15) is 5.23 Å². The summed E-state index contributed by atoms with van der Waals surface area (Å²) in [6.45, 7) is 5.85. The second-order valence-corrected chi connectivity index (χ2v) is 7.16. The van der Waals surface area contributed by atoms with Crippen LogP contribution in [0.15, 0.2) is 50.7 Å². The molecule has 0 bridgehead atoms. The van der Waals surface area contributed by atoms with E-state index in [9.17, 15) is 10.0 Å². The first-order valence-electron chi connectivity index (χ1n) is 9.31. The molecule has 0 amide bonds. The lowest BCUT2D eigenvalue weighted by atomic mass is 10.0. The Bertz CT molecular complexity index is 1000. The normalized spacial score (nSPS) is 19.6. The van der Waals surface area contributed by atoms with Crippen molar-refractivity contribution in [2.75, 3.05) is 13.7 Å². The molecule has 154 valence electrons. The van der Waals surface area contributed by atoms with Gasteiger partial charge in [-0.3, -0.25) is 4.79 Å². The Balaban J connectivity index is 1.77. The second-order valence-electron chi connectivity index (χ2n) is 7.16. The number of methoxy groups -OCH3 is 1. The van der Waals surface area contributed by atoms with E-state index in [4.69, 9.17) is 19.1 Å². The van der Waals surface area contributed by atoms with Crippen molar-refractivity contribution < 1.29 is 24.3 Å². The molecule has 7 heteroatoms. The summed E-state index contributed by atoms with van der Waals surface area (Å²) in [5, 5.41) is 19.0. The molecule has 1 unspecified atom stereocenters.